The van der Waals surface area contributed by atoms with Crippen molar-refractivity contribution in [3.05, 3.63) is 29.8 Å². The fourth-order valence-electron chi connectivity index (χ4n) is 2.58. The molecule has 0 amide bonds. The minimum Gasteiger partial charge on any atom is -0.352 e. The topological polar surface area (TPSA) is 52.6 Å². The van der Waals surface area contributed by atoms with E-state index >= 15 is 0 Å². The molecule has 2 aliphatic heterocycles. The van der Waals surface area contributed by atoms with E-state index < -0.39 is 21.8 Å². The van der Waals surface area contributed by atoms with Gasteiger partial charge in [0.1, 0.15) is 23.7 Å². The van der Waals surface area contributed by atoms with Crippen LogP contribution in [0.4, 0.5) is 14.5 Å². The SMILES string of the molecule is O=[S+]1(O)C[C@@H]2NC(=S)N(c3ccc(F)cc3F)[C@@H]2C1. The maximum Gasteiger partial charge on any atom is 0.218 e. The molecule has 8 heteroatoms. The molecule has 0 saturated carbocycles. The Morgan fingerprint density at radius 2 is 2.16 bits per heavy atom. The summed E-state index contributed by atoms with van der Waals surface area (Å²) in [5.41, 5.74) is 0.128. The number of halogens is 2. The molecule has 2 N–H and O–H groups in total. The van der Waals surface area contributed by atoms with Gasteiger partial charge in [0.2, 0.25) is 10.2 Å². The van der Waals surface area contributed by atoms with Crippen molar-refractivity contribution in [3.8, 4) is 0 Å². The minimum absolute atomic E-state index is 0.0294. The fourth-order valence-corrected chi connectivity index (χ4v) is 4.88. The Hall–Kier alpha value is -1.12. The minimum atomic E-state index is -2.90. The molecule has 0 radical (unpaired) electrons. The van der Waals surface area contributed by atoms with E-state index in [1.807, 2.05) is 0 Å². The molecule has 2 saturated heterocycles. The Kier molecular flexibility index (Phi) is 2.84. The Bertz CT molecular complexity index is 610. The van der Waals surface area contributed by atoms with Gasteiger partial charge in [0, 0.05) is 6.07 Å². The van der Waals surface area contributed by atoms with Crippen molar-refractivity contribution in [3.63, 3.8) is 0 Å². The molecule has 102 valence electrons. The van der Waals surface area contributed by atoms with Crippen LogP contribution in [0.15, 0.2) is 18.2 Å². The van der Waals surface area contributed by atoms with Crippen LogP contribution in [-0.2, 0) is 14.4 Å². The Balaban J connectivity index is 2.00. The summed E-state index contributed by atoms with van der Waals surface area (Å²) in [4.78, 5) is 1.47. The summed E-state index contributed by atoms with van der Waals surface area (Å²) < 4.78 is 48.1. The molecular formula is C11H11F2N2O2S2+. The molecular weight excluding hydrogens is 294 g/mol. The average Bonchev–Trinajstić information content (AvgIpc) is 2.70. The molecule has 1 unspecified atom stereocenters. The van der Waals surface area contributed by atoms with E-state index in [1.165, 1.54) is 11.0 Å². The third kappa shape index (κ3) is 2.13. The first-order chi connectivity index (χ1) is 8.87. The van der Waals surface area contributed by atoms with Gasteiger partial charge in [-0.25, -0.2) is 8.78 Å². The highest BCUT2D eigenvalue weighted by Gasteiger charge is 2.54. The number of rotatable bonds is 1. The molecule has 0 aromatic heterocycles. The van der Waals surface area contributed by atoms with Gasteiger partial charge < -0.3 is 10.2 Å². The third-order valence-electron chi connectivity index (χ3n) is 3.36. The van der Waals surface area contributed by atoms with Crippen LogP contribution in [0.3, 0.4) is 0 Å². The maximum absolute atomic E-state index is 13.8. The van der Waals surface area contributed by atoms with Crippen LogP contribution in [0.5, 0.6) is 0 Å². The zero-order valence-corrected chi connectivity index (χ0v) is 11.3. The monoisotopic (exact) mass is 305 g/mol. The van der Waals surface area contributed by atoms with Crippen molar-refractivity contribution in [1.82, 2.24) is 5.32 Å². The molecule has 1 aromatic carbocycles. The molecule has 3 atom stereocenters. The number of hydrogen-bond acceptors (Lipinski definition) is 2. The van der Waals surface area contributed by atoms with Crippen LogP contribution >= 0.6 is 12.2 Å². The second kappa shape index (κ2) is 4.19. The average molecular weight is 305 g/mol. The Morgan fingerprint density at radius 1 is 1.42 bits per heavy atom. The molecule has 19 heavy (non-hydrogen) atoms. The predicted molar refractivity (Wildman–Crippen MR) is 72.6 cm³/mol. The molecule has 4 nitrogen and oxygen atoms in total. The van der Waals surface area contributed by atoms with Crippen LogP contribution in [0, 0.1) is 11.6 Å². The summed E-state index contributed by atoms with van der Waals surface area (Å²) in [6, 6.07) is 2.56. The molecule has 2 fully saturated rings. The number of thiocarbonyl (C=S) groups is 1. The van der Waals surface area contributed by atoms with Crippen molar-refractivity contribution in [2.75, 3.05) is 16.4 Å². The smallest absolute Gasteiger partial charge is 0.218 e. The highest BCUT2D eigenvalue weighted by Crippen LogP contribution is 2.33. The van der Waals surface area contributed by atoms with Gasteiger partial charge in [-0.2, -0.15) is 4.55 Å². The number of anilines is 1. The maximum atomic E-state index is 13.8. The van der Waals surface area contributed by atoms with Crippen molar-refractivity contribution in [2.24, 2.45) is 0 Å². The van der Waals surface area contributed by atoms with Gasteiger partial charge in [-0.1, -0.05) is 4.21 Å². The first kappa shape index (κ1) is 12.9. The van der Waals surface area contributed by atoms with E-state index in [4.69, 9.17) is 12.2 Å². The lowest BCUT2D eigenvalue weighted by molar-refractivity contribution is 0.502. The van der Waals surface area contributed by atoms with Crippen LogP contribution in [0.2, 0.25) is 0 Å². The van der Waals surface area contributed by atoms with Gasteiger partial charge in [0.25, 0.3) is 0 Å². The summed E-state index contributed by atoms with van der Waals surface area (Å²) in [6.07, 6.45) is 0. The van der Waals surface area contributed by atoms with Crippen molar-refractivity contribution in [1.29, 1.82) is 0 Å². The van der Waals surface area contributed by atoms with Crippen LogP contribution in [0.1, 0.15) is 0 Å². The van der Waals surface area contributed by atoms with Crippen LogP contribution < -0.4 is 10.2 Å². The van der Waals surface area contributed by atoms with Crippen LogP contribution in [0.25, 0.3) is 0 Å². The van der Waals surface area contributed by atoms with Gasteiger partial charge >= 0.3 is 0 Å². The molecule has 0 aliphatic carbocycles. The number of benzene rings is 1. The van der Waals surface area contributed by atoms with E-state index in [-0.39, 0.29) is 29.3 Å². The van der Waals surface area contributed by atoms with Gasteiger partial charge in [-0.15, -0.1) is 0 Å². The number of nitrogens with zero attached hydrogens (tertiary/aromatic N) is 1. The highest BCUT2D eigenvalue weighted by atomic mass is 32.3. The molecule has 0 bridgehead atoms. The lowest BCUT2D eigenvalue weighted by Gasteiger charge is -2.22. The number of nitrogens with one attached hydrogen (secondary N) is 1. The largest absolute Gasteiger partial charge is 0.352 e. The van der Waals surface area contributed by atoms with Gasteiger partial charge in [0.15, 0.2) is 16.6 Å². The third-order valence-corrected chi connectivity index (χ3v) is 5.42. The Labute approximate surface area is 115 Å². The first-order valence-electron chi connectivity index (χ1n) is 5.64. The molecule has 2 aliphatic rings. The number of fused-ring (bicyclic) bond motifs is 1. The summed E-state index contributed by atoms with van der Waals surface area (Å²) >= 11 is 5.12. The Morgan fingerprint density at radius 3 is 2.84 bits per heavy atom. The second-order valence-electron chi connectivity index (χ2n) is 4.69. The van der Waals surface area contributed by atoms with Crippen molar-refractivity contribution >= 4 is 33.2 Å². The van der Waals surface area contributed by atoms with E-state index in [0.717, 1.165) is 12.1 Å². The normalized spacial score (nSPS) is 33.4. The molecule has 1 aromatic rings. The van der Waals surface area contributed by atoms with Crippen molar-refractivity contribution in [2.45, 2.75) is 12.1 Å². The second-order valence-corrected chi connectivity index (χ2v) is 7.29. The zero-order valence-electron chi connectivity index (χ0n) is 9.68. The predicted octanol–water partition coefficient (Wildman–Crippen LogP) is 1.38. The summed E-state index contributed by atoms with van der Waals surface area (Å²) in [7, 11) is -2.90. The first-order valence-corrected chi connectivity index (χ1v) is 7.90. The van der Waals surface area contributed by atoms with Crippen LogP contribution in [-0.4, -0.2) is 33.3 Å². The number of hydrogen-bond donors (Lipinski definition) is 2. The fraction of sp³-hybridized carbons (Fsp3) is 0.364. The zero-order chi connectivity index (χ0) is 13.8. The lowest BCUT2D eigenvalue weighted by atomic mass is 10.1. The summed E-state index contributed by atoms with van der Waals surface area (Å²) in [5, 5.41) is 3.22. The van der Waals surface area contributed by atoms with Crippen molar-refractivity contribution < 1.29 is 17.5 Å². The molecule has 2 heterocycles. The van der Waals surface area contributed by atoms with Gasteiger partial charge in [-0.3, -0.25) is 0 Å². The standard InChI is InChI=1S/C11H10F2N2O2S2/c12-6-1-2-9(7(13)3-6)15-10-5-19(16,17)4-8(10)14-11(15)18/h1-3,8,10H,4-5H2,(H-,14,16,17,18)/p+1/t8-,10+/m0/s1. The molecule has 3 rings (SSSR count). The van der Waals surface area contributed by atoms with Gasteiger partial charge in [-0.05, 0) is 24.4 Å². The van der Waals surface area contributed by atoms with Gasteiger partial charge in [0.05, 0.1) is 5.69 Å². The summed E-state index contributed by atoms with van der Waals surface area (Å²) in [6.45, 7) is 0. The van der Waals surface area contributed by atoms with E-state index in [9.17, 15) is 17.5 Å². The van der Waals surface area contributed by atoms with E-state index in [1.54, 1.807) is 0 Å². The highest BCUT2D eigenvalue weighted by molar-refractivity contribution is 7.98. The lowest BCUT2D eigenvalue weighted by Crippen LogP contribution is -2.38. The van der Waals surface area contributed by atoms with E-state index in [2.05, 4.69) is 5.32 Å². The molecule has 0 spiro atoms. The van der Waals surface area contributed by atoms with E-state index in [0.29, 0.717) is 5.11 Å². The quantitative estimate of drug-likeness (QED) is 0.606. The summed E-state index contributed by atoms with van der Waals surface area (Å²) in [5.74, 6) is -1.28.